The lowest BCUT2D eigenvalue weighted by molar-refractivity contribution is -0.145. The number of amides is 1. The maximum absolute atomic E-state index is 13.7. The number of halogens is 4. The number of aliphatic imine (C=N–C) groups is 1. The first-order valence-electron chi connectivity index (χ1n) is 15.0. The summed E-state index contributed by atoms with van der Waals surface area (Å²) in [6, 6.07) is -0.508. The second-order valence-electron chi connectivity index (χ2n) is 11.7. The Morgan fingerprint density at radius 3 is 2.50 bits per heavy atom. The molecule has 3 fully saturated rings. The number of piperidine rings is 1. The molecule has 0 aromatic carbocycles. The SMILES string of the molecule is O=C(NCC(c1cnc(C(F)(F)F)nc1)N1CCOCC1)C1C(Cl)CCC2N=C(N3CCC(c4n[nH]c(=O)[nH]4)CC3)C=CC21. The van der Waals surface area contributed by atoms with Gasteiger partial charge < -0.3 is 15.0 Å². The van der Waals surface area contributed by atoms with Crippen LogP contribution in [0.4, 0.5) is 13.2 Å². The number of aromatic amines is 2. The molecule has 2 aromatic heterocycles. The smallest absolute Gasteiger partial charge is 0.379 e. The fourth-order valence-corrected chi connectivity index (χ4v) is 7.10. The van der Waals surface area contributed by atoms with Gasteiger partial charge in [0.25, 0.3) is 0 Å². The van der Waals surface area contributed by atoms with E-state index in [-0.39, 0.29) is 41.4 Å². The number of rotatable bonds is 6. The molecule has 5 unspecified atom stereocenters. The molecule has 0 bridgehead atoms. The summed E-state index contributed by atoms with van der Waals surface area (Å²) in [7, 11) is 0. The number of H-pyrrole nitrogens is 2. The molecule has 2 saturated heterocycles. The molecule has 16 heteroatoms. The number of fused-ring (bicyclic) bond motifs is 1. The number of dihydropyridines is 1. The largest absolute Gasteiger partial charge is 0.451 e. The summed E-state index contributed by atoms with van der Waals surface area (Å²) in [5.74, 6) is -0.323. The number of aromatic nitrogens is 5. The van der Waals surface area contributed by atoms with Crippen molar-refractivity contribution < 1.29 is 22.7 Å². The number of nitrogens with zero attached hydrogens (tertiary/aromatic N) is 6. The van der Waals surface area contributed by atoms with Crippen LogP contribution in [0.2, 0.25) is 0 Å². The van der Waals surface area contributed by atoms with Crippen molar-refractivity contribution in [3.05, 3.63) is 52.2 Å². The number of carbonyl (C=O) groups is 1. The molecule has 1 aliphatic carbocycles. The van der Waals surface area contributed by atoms with Crippen LogP contribution in [0.5, 0.6) is 0 Å². The van der Waals surface area contributed by atoms with Crippen LogP contribution in [0.3, 0.4) is 0 Å². The van der Waals surface area contributed by atoms with Crippen molar-refractivity contribution in [1.82, 2.24) is 40.3 Å². The van der Waals surface area contributed by atoms with E-state index >= 15 is 0 Å². The normalized spacial score (nSPS) is 27.5. The van der Waals surface area contributed by atoms with Crippen molar-refractivity contribution >= 4 is 23.3 Å². The predicted octanol–water partition coefficient (Wildman–Crippen LogP) is 2.25. The molecular weight excluding hydrogens is 603 g/mol. The number of nitrogens with one attached hydrogen (secondary N) is 3. The Balaban J connectivity index is 1.10. The minimum atomic E-state index is -4.64. The molecule has 5 atom stereocenters. The Morgan fingerprint density at radius 2 is 1.84 bits per heavy atom. The van der Waals surface area contributed by atoms with E-state index in [9.17, 15) is 22.8 Å². The summed E-state index contributed by atoms with van der Waals surface area (Å²) in [6.07, 6.45) is 4.83. The monoisotopic (exact) mass is 637 g/mol. The van der Waals surface area contributed by atoms with E-state index < -0.39 is 24.0 Å². The fourth-order valence-electron chi connectivity index (χ4n) is 6.69. The van der Waals surface area contributed by atoms with Crippen molar-refractivity contribution in [3.8, 4) is 0 Å². The average Bonchev–Trinajstić information content (AvgIpc) is 3.47. The van der Waals surface area contributed by atoms with Crippen LogP contribution in [0.15, 0.2) is 34.3 Å². The summed E-state index contributed by atoms with van der Waals surface area (Å²) in [5, 5.41) is 9.18. The summed E-state index contributed by atoms with van der Waals surface area (Å²) in [4.78, 5) is 44.3. The van der Waals surface area contributed by atoms with E-state index in [2.05, 4.69) is 40.3 Å². The van der Waals surface area contributed by atoms with Crippen LogP contribution >= 0.6 is 11.6 Å². The second-order valence-corrected chi connectivity index (χ2v) is 12.2. The first-order chi connectivity index (χ1) is 21.2. The first kappa shape index (κ1) is 30.7. The molecular formula is C28H35ClF3N9O3. The Morgan fingerprint density at radius 1 is 1.11 bits per heavy atom. The number of hydrogen-bond donors (Lipinski definition) is 3. The Bertz CT molecular complexity index is 1420. The third-order valence-electron chi connectivity index (χ3n) is 9.05. The number of hydrogen-bond acceptors (Lipinski definition) is 9. The van der Waals surface area contributed by atoms with E-state index in [0.717, 1.165) is 38.2 Å². The molecule has 238 valence electrons. The minimum Gasteiger partial charge on any atom is -0.379 e. The molecule has 3 N–H and O–H groups in total. The third kappa shape index (κ3) is 6.69. The maximum Gasteiger partial charge on any atom is 0.451 e. The zero-order chi connectivity index (χ0) is 30.8. The molecule has 2 aromatic rings. The summed E-state index contributed by atoms with van der Waals surface area (Å²) in [5.41, 5.74) is 0.185. The van der Waals surface area contributed by atoms with E-state index in [1.807, 2.05) is 12.2 Å². The van der Waals surface area contributed by atoms with E-state index in [1.54, 1.807) is 0 Å². The lowest BCUT2D eigenvalue weighted by atomic mass is 9.74. The fraction of sp³-hybridized carbons (Fsp3) is 0.643. The predicted molar refractivity (Wildman–Crippen MR) is 154 cm³/mol. The summed E-state index contributed by atoms with van der Waals surface area (Å²) in [6.45, 7) is 3.80. The molecule has 1 amide bonds. The number of amidine groups is 1. The Labute approximate surface area is 256 Å². The Kier molecular flexibility index (Phi) is 9.06. The lowest BCUT2D eigenvalue weighted by Gasteiger charge is -2.41. The highest BCUT2D eigenvalue weighted by molar-refractivity contribution is 6.22. The zero-order valence-corrected chi connectivity index (χ0v) is 24.7. The molecule has 6 rings (SSSR count). The van der Waals surface area contributed by atoms with Gasteiger partial charge in [-0.1, -0.05) is 6.08 Å². The van der Waals surface area contributed by atoms with Crippen molar-refractivity contribution in [1.29, 1.82) is 0 Å². The number of alkyl halides is 4. The molecule has 12 nitrogen and oxygen atoms in total. The van der Waals surface area contributed by atoms with E-state index in [1.165, 1.54) is 12.4 Å². The van der Waals surface area contributed by atoms with Gasteiger partial charge in [0, 0.05) is 67.9 Å². The minimum absolute atomic E-state index is 0.0838. The maximum atomic E-state index is 13.7. The molecule has 4 aliphatic rings. The topological polar surface area (TPSA) is 144 Å². The van der Waals surface area contributed by atoms with Crippen LogP contribution in [0, 0.1) is 11.8 Å². The highest BCUT2D eigenvalue weighted by atomic mass is 35.5. The van der Waals surface area contributed by atoms with Gasteiger partial charge in [-0.05, 0) is 31.8 Å². The molecule has 1 saturated carbocycles. The lowest BCUT2D eigenvalue weighted by Crippen LogP contribution is -2.50. The van der Waals surface area contributed by atoms with Gasteiger partial charge in [0.05, 0.1) is 31.2 Å². The van der Waals surface area contributed by atoms with Gasteiger partial charge in [-0.15, -0.1) is 11.6 Å². The molecule has 3 aliphatic heterocycles. The van der Waals surface area contributed by atoms with Crippen molar-refractivity contribution in [2.24, 2.45) is 16.8 Å². The van der Waals surface area contributed by atoms with Crippen molar-refractivity contribution in [2.45, 2.75) is 55.2 Å². The van der Waals surface area contributed by atoms with Gasteiger partial charge in [0.15, 0.2) is 0 Å². The molecule has 44 heavy (non-hydrogen) atoms. The van der Waals surface area contributed by atoms with Crippen molar-refractivity contribution in [3.63, 3.8) is 0 Å². The Hall–Kier alpha value is -3.30. The highest BCUT2D eigenvalue weighted by Gasteiger charge is 2.43. The standard InChI is InChI=1S/C28H35ClF3N9O3/c29-19-2-3-20-18(1-4-22(36-20)41-7-5-16(6-8-41)24-37-27(43)39-38-24)23(19)25(42)33-15-21(40-9-11-44-12-10-40)17-13-34-26(35-14-17)28(30,31)32/h1,4,13-14,16,18-21,23H,2-3,5-12,15H2,(H,33,42)(H2,37,38,39,43). The van der Waals surface area contributed by atoms with E-state index in [0.29, 0.717) is 44.1 Å². The van der Waals surface area contributed by atoms with Crippen LogP contribution in [0.1, 0.15) is 54.9 Å². The first-order valence-corrected chi connectivity index (χ1v) is 15.4. The number of likely N-dealkylation sites (tertiary alicyclic amines) is 1. The second kappa shape index (κ2) is 13.0. The third-order valence-corrected chi connectivity index (χ3v) is 9.54. The van der Waals surface area contributed by atoms with Crippen molar-refractivity contribution in [2.75, 3.05) is 45.9 Å². The average molecular weight is 638 g/mol. The van der Waals surface area contributed by atoms with Crippen LogP contribution in [-0.4, -0.2) is 104 Å². The molecule has 0 radical (unpaired) electrons. The quantitative estimate of drug-likeness (QED) is 0.409. The molecule has 0 spiro atoms. The summed E-state index contributed by atoms with van der Waals surface area (Å²) >= 11 is 6.76. The van der Waals surface area contributed by atoms with Gasteiger partial charge in [-0.2, -0.15) is 18.3 Å². The van der Waals surface area contributed by atoms with Gasteiger partial charge in [0.1, 0.15) is 11.7 Å². The van der Waals surface area contributed by atoms with Crippen LogP contribution < -0.4 is 11.0 Å². The van der Waals surface area contributed by atoms with E-state index in [4.69, 9.17) is 21.3 Å². The summed E-state index contributed by atoms with van der Waals surface area (Å²) < 4.78 is 44.7. The van der Waals surface area contributed by atoms with Crippen LogP contribution in [0.25, 0.3) is 0 Å². The van der Waals surface area contributed by atoms with Gasteiger partial charge >= 0.3 is 11.9 Å². The highest BCUT2D eigenvalue weighted by Crippen LogP contribution is 2.39. The molecule has 5 heterocycles. The van der Waals surface area contributed by atoms with Gasteiger partial charge in [0.2, 0.25) is 11.7 Å². The van der Waals surface area contributed by atoms with Gasteiger partial charge in [-0.25, -0.2) is 19.9 Å². The zero-order valence-electron chi connectivity index (χ0n) is 24.0. The number of carbonyl (C=O) groups excluding carboxylic acids is 1. The van der Waals surface area contributed by atoms with Gasteiger partial charge in [-0.3, -0.25) is 19.7 Å². The number of morpholine rings is 1. The van der Waals surface area contributed by atoms with Crippen LogP contribution in [-0.2, 0) is 15.7 Å². The number of ether oxygens (including phenoxy) is 1.